The zero-order valence-electron chi connectivity index (χ0n) is 10.4. The fraction of sp³-hybridized carbons (Fsp3) is 0.125. The molecule has 0 radical (unpaired) electrons. The lowest BCUT2D eigenvalue weighted by molar-refractivity contribution is 0.647. The van der Waals surface area contributed by atoms with Gasteiger partial charge in [0.1, 0.15) is 0 Å². The molecule has 0 saturated heterocycles. The monoisotopic (exact) mass is 379 g/mol. The van der Waals surface area contributed by atoms with E-state index in [0.717, 1.165) is 14.5 Å². The van der Waals surface area contributed by atoms with Crippen molar-refractivity contribution in [2.45, 2.75) is 12.0 Å². The maximum atomic E-state index is 6.37. The highest BCUT2D eigenvalue weighted by molar-refractivity contribution is 9.10. The first-order valence-corrected chi connectivity index (χ1v) is 7.59. The Morgan fingerprint density at radius 3 is 1.68 bits per heavy atom. The lowest BCUT2D eigenvalue weighted by Crippen LogP contribution is -2.18. The molecule has 0 fully saturated rings. The fourth-order valence-corrected chi connectivity index (χ4v) is 2.60. The smallest absolute Gasteiger partial charge is 0.0399 e. The minimum absolute atomic E-state index is 0.0909. The van der Waals surface area contributed by atoms with Crippen LogP contribution in [0, 0.1) is 0 Å². The van der Waals surface area contributed by atoms with Crippen LogP contribution in [0.1, 0.15) is 23.1 Å². The Morgan fingerprint density at radius 2 is 1.26 bits per heavy atom. The van der Waals surface area contributed by atoms with Gasteiger partial charge < -0.3 is 5.73 Å². The largest absolute Gasteiger partial charge is 0.323 e. The van der Waals surface area contributed by atoms with E-state index in [2.05, 4.69) is 50.6 Å². The van der Waals surface area contributed by atoms with Crippen LogP contribution in [0.3, 0.4) is 0 Å². The minimum Gasteiger partial charge on any atom is -0.323 e. The molecule has 2 rings (SSSR count). The van der Waals surface area contributed by atoms with Gasteiger partial charge in [0.2, 0.25) is 0 Å². The Balaban J connectivity index is 2.28. The van der Waals surface area contributed by atoms with Gasteiger partial charge in [-0.1, -0.05) is 62.2 Å². The molecule has 0 spiro atoms. The van der Waals surface area contributed by atoms with Gasteiger partial charge in [0.25, 0.3) is 0 Å². The van der Waals surface area contributed by atoms with Crippen LogP contribution in [0.5, 0.6) is 0 Å². The zero-order valence-corrected chi connectivity index (χ0v) is 13.6. The summed E-state index contributed by atoms with van der Waals surface area (Å²) >= 11 is 6.88. The molecule has 3 heteroatoms. The van der Waals surface area contributed by atoms with Crippen molar-refractivity contribution in [1.82, 2.24) is 0 Å². The molecule has 0 unspecified atom stereocenters. The van der Waals surface area contributed by atoms with Gasteiger partial charge in [-0.25, -0.2) is 0 Å². The summed E-state index contributed by atoms with van der Waals surface area (Å²) in [6.45, 7) is 3.92. The van der Waals surface area contributed by atoms with Crippen molar-refractivity contribution in [2.75, 3.05) is 0 Å². The van der Waals surface area contributed by atoms with Gasteiger partial charge in [0, 0.05) is 20.9 Å². The Kier molecular flexibility index (Phi) is 4.97. The summed E-state index contributed by atoms with van der Waals surface area (Å²) in [5, 5.41) is 0. The van der Waals surface area contributed by atoms with Crippen LogP contribution in [-0.2, 0) is 0 Å². The Morgan fingerprint density at radius 1 is 0.842 bits per heavy atom. The van der Waals surface area contributed by atoms with Gasteiger partial charge >= 0.3 is 0 Å². The predicted molar refractivity (Wildman–Crippen MR) is 88.2 cm³/mol. The number of halogens is 2. The van der Waals surface area contributed by atoms with Gasteiger partial charge in [-0.3, -0.25) is 0 Å². The quantitative estimate of drug-likeness (QED) is 0.726. The lowest BCUT2D eigenvalue weighted by atomic mass is 9.88. The lowest BCUT2D eigenvalue weighted by Gasteiger charge is -2.21. The van der Waals surface area contributed by atoms with Crippen molar-refractivity contribution >= 4 is 31.9 Å². The molecular weight excluding hydrogens is 366 g/mol. The first kappa shape index (κ1) is 14.5. The topological polar surface area (TPSA) is 26.0 Å². The van der Waals surface area contributed by atoms with E-state index in [-0.39, 0.29) is 12.0 Å². The van der Waals surface area contributed by atoms with Crippen LogP contribution >= 0.6 is 31.9 Å². The van der Waals surface area contributed by atoms with E-state index in [1.54, 1.807) is 0 Å². The summed E-state index contributed by atoms with van der Waals surface area (Å²) in [5.74, 6) is 0.106. The van der Waals surface area contributed by atoms with Gasteiger partial charge in [-0.05, 0) is 35.4 Å². The maximum Gasteiger partial charge on any atom is 0.0399 e. The third-order valence-corrected chi connectivity index (χ3v) is 4.21. The van der Waals surface area contributed by atoms with Crippen molar-refractivity contribution in [1.29, 1.82) is 0 Å². The van der Waals surface area contributed by atoms with Crippen molar-refractivity contribution < 1.29 is 0 Å². The van der Waals surface area contributed by atoms with Crippen molar-refractivity contribution in [3.8, 4) is 0 Å². The van der Waals surface area contributed by atoms with Crippen molar-refractivity contribution in [3.05, 3.63) is 81.3 Å². The third-order valence-electron chi connectivity index (χ3n) is 3.15. The standard InChI is InChI=1S/C16H15Br2N/c1-2-15(11-3-7-13(17)8-4-11)16(19)12-5-9-14(18)10-6-12/h2-10,15-16H,1,19H2/t15-,16+/m0/s1. The van der Waals surface area contributed by atoms with Gasteiger partial charge in [0.15, 0.2) is 0 Å². The summed E-state index contributed by atoms with van der Waals surface area (Å²) < 4.78 is 2.12. The molecule has 2 N–H and O–H groups in total. The van der Waals surface area contributed by atoms with E-state index < -0.39 is 0 Å². The average Bonchev–Trinajstić information content (AvgIpc) is 2.42. The molecule has 0 heterocycles. The summed E-state index contributed by atoms with van der Waals surface area (Å²) in [4.78, 5) is 0. The molecule has 2 atom stereocenters. The SMILES string of the molecule is C=C[C@@H](c1ccc(Br)cc1)[C@H](N)c1ccc(Br)cc1. The third kappa shape index (κ3) is 3.56. The van der Waals surface area contributed by atoms with E-state index in [9.17, 15) is 0 Å². The molecule has 0 bridgehead atoms. The van der Waals surface area contributed by atoms with E-state index >= 15 is 0 Å². The molecule has 1 nitrogen and oxygen atoms in total. The molecule has 0 aromatic heterocycles. The van der Waals surface area contributed by atoms with Crippen LogP contribution in [0.4, 0.5) is 0 Å². The highest BCUT2D eigenvalue weighted by atomic mass is 79.9. The van der Waals surface area contributed by atoms with E-state index in [1.807, 2.05) is 42.5 Å². The maximum absolute atomic E-state index is 6.37. The second kappa shape index (κ2) is 6.51. The summed E-state index contributed by atoms with van der Waals surface area (Å²) in [6, 6.07) is 16.2. The second-order valence-corrected chi connectivity index (χ2v) is 6.22. The van der Waals surface area contributed by atoms with Gasteiger partial charge in [-0.2, -0.15) is 0 Å². The fourth-order valence-electron chi connectivity index (χ4n) is 2.07. The first-order valence-electron chi connectivity index (χ1n) is 6.01. The number of nitrogens with two attached hydrogens (primary N) is 1. The van der Waals surface area contributed by atoms with Crippen LogP contribution in [-0.4, -0.2) is 0 Å². The van der Waals surface area contributed by atoms with Crippen LogP contribution in [0.25, 0.3) is 0 Å². The first-order chi connectivity index (χ1) is 9.11. The van der Waals surface area contributed by atoms with Gasteiger partial charge in [0.05, 0.1) is 0 Å². The number of benzene rings is 2. The van der Waals surface area contributed by atoms with Crippen molar-refractivity contribution in [3.63, 3.8) is 0 Å². The zero-order chi connectivity index (χ0) is 13.8. The molecule has 0 aliphatic rings. The minimum atomic E-state index is -0.0909. The normalized spacial score (nSPS) is 13.8. The van der Waals surface area contributed by atoms with Crippen LogP contribution in [0.2, 0.25) is 0 Å². The van der Waals surface area contributed by atoms with E-state index in [0.29, 0.717) is 0 Å². The second-order valence-electron chi connectivity index (χ2n) is 4.39. The molecule has 2 aromatic rings. The molecule has 2 aromatic carbocycles. The molecular formula is C16H15Br2N. The summed E-state index contributed by atoms with van der Waals surface area (Å²) in [6.07, 6.45) is 1.91. The number of rotatable bonds is 4. The Hall–Kier alpha value is -0.900. The summed E-state index contributed by atoms with van der Waals surface area (Å²) in [7, 11) is 0. The molecule has 0 aliphatic carbocycles. The Labute approximate surface area is 130 Å². The van der Waals surface area contributed by atoms with Crippen LogP contribution in [0.15, 0.2) is 70.1 Å². The molecule has 19 heavy (non-hydrogen) atoms. The highest BCUT2D eigenvalue weighted by Crippen LogP contribution is 2.31. The number of hydrogen-bond donors (Lipinski definition) is 1. The van der Waals surface area contributed by atoms with Crippen LogP contribution < -0.4 is 5.73 Å². The molecule has 0 aliphatic heterocycles. The van der Waals surface area contributed by atoms with Crippen molar-refractivity contribution in [2.24, 2.45) is 5.73 Å². The summed E-state index contributed by atoms with van der Waals surface area (Å²) in [5.41, 5.74) is 8.65. The average molecular weight is 381 g/mol. The van der Waals surface area contributed by atoms with Gasteiger partial charge in [-0.15, -0.1) is 6.58 Å². The van der Waals surface area contributed by atoms with E-state index in [1.165, 1.54) is 5.56 Å². The molecule has 0 amide bonds. The molecule has 0 saturated carbocycles. The molecule has 98 valence electrons. The number of hydrogen-bond acceptors (Lipinski definition) is 1. The predicted octanol–water partition coefficient (Wildman–Crippen LogP) is 5.18. The Bertz CT molecular complexity index is 546. The van der Waals surface area contributed by atoms with E-state index in [4.69, 9.17) is 5.73 Å². The highest BCUT2D eigenvalue weighted by Gasteiger charge is 2.18.